The molecule has 0 radical (unpaired) electrons. The van der Waals surface area contributed by atoms with Crippen molar-refractivity contribution in [3.05, 3.63) is 107 Å². The molecule has 240 valence electrons. The van der Waals surface area contributed by atoms with Gasteiger partial charge in [0.15, 0.2) is 11.7 Å². The normalized spacial score (nSPS) is 17.6. The van der Waals surface area contributed by atoms with E-state index in [1.165, 1.54) is 46.0 Å². The van der Waals surface area contributed by atoms with Crippen molar-refractivity contribution in [2.45, 2.75) is 68.2 Å². The lowest BCUT2D eigenvalue weighted by Gasteiger charge is -2.35. The highest BCUT2D eigenvalue weighted by Crippen LogP contribution is 2.45. The van der Waals surface area contributed by atoms with Crippen LogP contribution in [0.15, 0.2) is 90.3 Å². The monoisotopic (exact) mass is 646 g/mol. The van der Waals surface area contributed by atoms with Gasteiger partial charge < -0.3 is 25.3 Å². The van der Waals surface area contributed by atoms with Crippen LogP contribution in [0.2, 0.25) is 0 Å². The van der Waals surface area contributed by atoms with Crippen molar-refractivity contribution in [3.63, 3.8) is 0 Å². The number of rotatable bonds is 14. The van der Waals surface area contributed by atoms with Gasteiger partial charge in [-0.15, -0.1) is 11.8 Å². The minimum absolute atomic E-state index is 0.0148. The van der Waals surface area contributed by atoms with Crippen LogP contribution in [0.4, 0.5) is 0 Å². The Kier molecular flexibility index (Phi) is 12.0. The van der Waals surface area contributed by atoms with Crippen molar-refractivity contribution in [2.75, 3.05) is 32.1 Å². The maximum absolute atomic E-state index is 12.8. The number of benzene rings is 3. The van der Waals surface area contributed by atoms with Gasteiger partial charge in [0.05, 0.1) is 13.2 Å². The molecule has 8 heteroatoms. The molecule has 3 aromatic rings. The van der Waals surface area contributed by atoms with Crippen LogP contribution >= 0.6 is 24.4 Å². The molecule has 1 heterocycles. The Morgan fingerprint density at radius 2 is 1.58 bits per heavy atom. The topological polar surface area (TPSA) is 82.8 Å². The molecule has 0 aromatic heterocycles. The van der Waals surface area contributed by atoms with Crippen molar-refractivity contribution in [3.8, 4) is 11.1 Å². The molecule has 1 saturated carbocycles. The molecule has 0 bridgehead atoms. The van der Waals surface area contributed by atoms with Gasteiger partial charge in [-0.05, 0) is 59.1 Å². The molecule has 0 spiro atoms. The SMILES string of the molecule is CC.NC(=O)C(SC(CS)c1ccccc1)C1(CCCNC(OCC2c3ccccc3-c3ccccc32)=C2CCC2)OCCO1. The molecule has 3 aliphatic rings. The number of amides is 1. The van der Waals surface area contributed by atoms with E-state index in [1.807, 2.05) is 32.0 Å². The fourth-order valence-electron chi connectivity index (χ4n) is 6.35. The number of ether oxygens (including phenoxy) is 3. The third-order valence-corrected chi connectivity index (χ3v) is 10.9. The summed E-state index contributed by atoms with van der Waals surface area (Å²) in [7, 11) is 0. The van der Waals surface area contributed by atoms with E-state index in [-0.39, 0.29) is 11.2 Å². The number of carbonyl (C=O) groups is 1. The molecular formula is C37H46N2O4S2. The van der Waals surface area contributed by atoms with Crippen molar-refractivity contribution >= 4 is 30.3 Å². The van der Waals surface area contributed by atoms with E-state index in [2.05, 4.69) is 78.6 Å². The molecule has 2 unspecified atom stereocenters. The van der Waals surface area contributed by atoms with Gasteiger partial charge in [-0.25, -0.2) is 0 Å². The molecule has 3 aromatic carbocycles. The minimum atomic E-state index is -1.06. The molecule has 2 aliphatic carbocycles. The maximum atomic E-state index is 12.8. The van der Waals surface area contributed by atoms with Crippen molar-refractivity contribution in [1.82, 2.24) is 5.32 Å². The first kappa shape index (κ1) is 33.5. The number of primary amides is 1. The molecule has 3 N–H and O–H groups in total. The minimum Gasteiger partial charge on any atom is -0.478 e. The number of nitrogens with one attached hydrogen (secondary N) is 1. The molecular weight excluding hydrogens is 601 g/mol. The van der Waals surface area contributed by atoms with Crippen LogP contribution in [0.3, 0.4) is 0 Å². The summed E-state index contributed by atoms with van der Waals surface area (Å²) in [6, 6.07) is 27.4. The van der Waals surface area contributed by atoms with E-state index in [0.29, 0.717) is 38.5 Å². The van der Waals surface area contributed by atoms with Crippen LogP contribution in [0.1, 0.15) is 73.8 Å². The van der Waals surface area contributed by atoms with Crippen LogP contribution in [0.5, 0.6) is 0 Å². The molecule has 1 aliphatic heterocycles. The first-order valence-corrected chi connectivity index (χ1v) is 17.8. The summed E-state index contributed by atoms with van der Waals surface area (Å²) in [6.45, 7) is 6.14. The second-order valence-electron chi connectivity index (χ2n) is 11.4. The number of nitrogens with two attached hydrogens (primary N) is 1. The highest BCUT2D eigenvalue weighted by atomic mass is 32.2. The summed E-state index contributed by atoms with van der Waals surface area (Å²) in [5, 5.41) is 2.92. The second kappa shape index (κ2) is 16.1. The molecule has 2 fully saturated rings. The van der Waals surface area contributed by atoms with Gasteiger partial charge in [0.1, 0.15) is 11.9 Å². The highest BCUT2D eigenvalue weighted by molar-refractivity contribution is 8.01. The average Bonchev–Trinajstić information content (AvgIpc) is 3.66. The van der Waals surface area contributed by atoms with Gasteiger partial charge in [-0.3, -0.25) is 4.79 Å². The number of carbonyl (C=O) groups excluding carboxylic acids is 1. The molecule has 45 heavy (non-hydrogen) atoms. The summed E-state index contributed by atoms with van der Waals surface area (Å²) in [5.41, 5.74) is 13.7. The number of thioether (sulfide) groups is 1. The van der Waals surface area contributed by atoms with Crippen LogP contribution in [0.25, 0.3) is 11.1 Å². The quantitative estimate of drug-likeness (QED) is 0.0951. The summed E-state index contributed by atoms with van der Waals surface area (Å²) >= 11 is 6.07. The predicted molar refractivity (Wildman–Crippen MR) is 187 cm³/mol. The van der Waals surface area contributed by atoms with E-state index in [1.54, 1.807) is 0 Å². The molecule has 6 rings (SSSR count). The van der Waals surface area contributed by atoms with Gasteiger partial charge in [-0.2, -0.15) is 12.6 Å². The van der Waals surface area contributed by atoms with Crippen LogP contribution in [-0.2, 0) is 19.0 Å². The van der Waals surface area contributed by atoms with Crippen LogP contribution < -0.4 is 11.1 Å². The molecule has 2 atom stereocenters. The average molecular weight is 647 g/mol. The molecule has 1 saturated heterocycles. The van der Waals surface area contributed by atoms with Crippen molar-refractivity contribution in [2.24, 2.45) is 5.73 Å². The standard InChI is InChI=1S/C35H40N2O4S2.C2H6/c36-33(38)32(43-31(23-42)24-10-2-1-3-11-24)35(40-20-21-41-35)18-9-19-37-34(25-12-8-13-25)39-22-30-28-16-6-4-14-26(28)27-15-5-7-17-29(27)30;1-2/h1-7,10-11,14-17,30-32,37,42H,8-9,12-13,18-23H2,(H2,36,38);1-2H3. The third kappa shape index (κ3) is 7.57. The Balaban J connectivity index is 0.00000196. The van der Waals surface area contributed by atoms with E-state index in [4.69, 9.17) is 19.9 Å². The number of hydrogen-bond acceptors (Lipinski definition) is 7. The Morgan fingerprint density at radius 1 is 0.978 bits per heavy atom. The Morgan fingerprint density at radius 3 is 2.13 bits per heavy atom. The fraction of sp³-hybridized carbons (Fsp3) is 0.432. The summed E-state index contributed by atoms with van der Waals surface area (Å²) in [4.78, 5) is 12.8. The Hall–Kier alpha value is -2.91. The molecule has 1 amide bonds. The van der Waals surface area contributed by atoms with Crippen molar-refractivity contribution < 1.29 is 19.0 Å². The zero-order valence-electron chi connectivity index (χ0n) is 26.4. The van der Waals surface area contributed by atoms with Crippen LogP contribution in [-0.4, -0.2) is 49.1 Å². The summed E-state index contributed by atoms with van der Waals surface area (Å²) in [6.07, 6.45) is 4.58. The van der Waals surface area contributed by atoms with E-state index in [0.717, 1.165) is 30.7 Å². The summed E-state index contributed by atoms with van der Waals surface area (Å²) < 4.78 is 18.9. The lowest BCUT2D eigenvalue weighted by atomic mass is 9.92. The second-order valence-corrected chi connectivity index (χ2v) is 13.0. The number of hydrogen-bond donors (Lipinski definition) is 3. The fourth-order valence-corrected chi connectivity index (χ4v) is 8.14. The van der Waals surface area contributed by atoms with Gasteiger partial charge in [0.25, 0.3) is 0 Å². The van der Waals surface area contributed by atoms with Crippen molar-refractivity contribution in [1.29, 1.82) is 0 Å². The zero-order chi connectivity index (χ0) is 31.6. The Labute approximate surface area is 277 Å². The van der Waals surface area contributed by atoms with Gasteiger partial charge in [0, 0.05) is 29.9 Å². The largest absolute Gasteiger partial charge is 0.478 e. The number of allylic oxidation sites excluding steroid dienone is 1. The van der Waals surface area contributed by atoms with Crippen LogP contribution in [0, 0.1) is 0 Å². The number of fused-ring (bicyclic) bond motifs is 3. The summed E-state index contributed by atoms with van der Waals surface area (Å²) in [5.74, 6) is 0.179. The van der Waals surface area contributed by atoms with E-state index in [9.17, 15) is 4.79 Å². The first-order valence-electron chi connectivity index (χ1n) is 16.2. The maximum Gasteiger partial charge on any atom is 0.236 e. The Bertz CT molecular complexity index is 1390. The highest BCUT2D eigenvalue weighted by Gasteiger charge is 2.48. The smallest absolute Gasteiger partial charge is 0.236 e. The number of thiol groups is 1. The predicted octanol–water partition coefficient (Wildman–Crippen LogP) is 7.61. The van der Waals surface area contributed by atoms with E-state index < -0.39 is 16.9 Å². The lowest BCUT2D eigenvalue weighted by Crippen LogP contribution is -2.49. The first-order chi connectivity index (χ1) is 22.1. The van der Waals surface area contributed by atoms with Gasteiger partial charge in [0.2, 0.25) is 5.91 Å². The molecule has 6 nitrogen and oxygen atoms in total. The van der Waals surface area contributed by atoms with Gasteiger partial charge in [-0.1, -0.05) is 92.7 Å². The zero-order valence-corrected chi connectivity index (χ0v) is 28.1. The van der Waals surface area contributed by atoms with E-state index >= 15 is 0 Å². The third-order valence-electron chi connectivity index (χ3n) is 8.69. The lowest BCUT2D eigenvalue weighted by molar-refractivity contribution is -0.168. The van der Waals surface area contributed by atoms with Gasteiger partial charge >= 0.3 is 0 Å².